The Hall–Kier alpha value is -2.62. The van der Waals surface area contributed by atoms with Crippen LogP contribution in [0.1, 0.15) is 49.8 Å². The van der Waals surface area contributed by atoms with Gasteiger partial charge in [0.25, 0.3) is 0 Å². The van der Waals surface area contributed by atoms with Crippen molar-refractivity contribution in [1.82, 2.24) is 0 Å². The van der Waals surface area contributed by atoms with E-state index >= 15 is 0 Å². The Morgan fingerprint density at radius 1 is 0.971 bits per heavy atom. The highest BCUT2D eigenvalue weighted by Gasteiger charge is 2.36. The molecule has 0 bridgehead atoms. The average Bonchev–Trinajstić information content (AvgIpc) is 2.88. The third-order valence-corrected chi connectivity index (χ3v) is 8.23. The highest BCUT2D eigenvalue weighted by Crippen LogP contribution is 2.54. The van der Waals surface area contributed by atoms with E-state index in [1.54, 1.807) is 20.3 Å². The molecule has 182 valence electrons. The van der Waals surface area contributed by atoms with Crippen molar-refractivity contribution in [3.8, 4) is 17.2 Å². The molecular weight excluding hydrogens is 450 g/mol. The molecule has 2 unspecified atom stereocenters. The first-order chi connectivity index (χ1) is 16.5. The maximum absolute atomic E-state index is 13.9. The largest absolute Gasteiger partial charge is 0.497 e. The van der Waals surface area contributed by atoms with Gasteiger partial charge < -0.3 is 19.3 Å². The molecule has 2 atom stereocenters. The Morgan fingerprint density at radius 2 is 1.74 bits per heavy atom. The van der Waals surface area contributed by atoms with Crippen molar-refractivity contribution in [1.29, 1.82) is 0 Å². The van der Waals surface area contributed by atoms with Crippen LogP contribution in [0.2, 0.25) is 0 Å². The van der Waals surface area contributed by atoms with Crippen molar-refractivity contribution in [2.24, 2.45) is 0 Å². The van der Waals surface area contributed by atoms with E-state index in [9.17, 15) is 9.50 Å². The molecule has 0 radical (unpaired) electrons. The lowest BCUT2D eigenvalue weighted by Gasteiger charge is -2.36. The summed E-state index contributed by atoms with van der Waals surface area (Å²) in [5.74, 6) is 1.66. The summed E-state index contributed by atoms with van der Waals surface area (Å²) >= 11 is 0. The van der Waals surface area contributed by atoms with Gasteiger partial charge in [0.15, 0.2) is 11.5 Å². The van der Waals surface area contributed by atoms with E-state index in [-0.39, 0.29) is 17.6 Å². The van der Waals surface area contributed by atoms with Crippen LogP contribution in [0.4, 0.5) is 4.39 Å². The Labute approximate surface area is 203 Å². The Morgan fingerprint density at radius 3 is 2.35 bits per heavy atom. The molecule has 3 rings (SSSR count). The molecule has 0 aliphatic rings. The maximum atomic E-state index is 13.9. The summed E-state index contributed by atoms with van der Waals surface area (Å²) in [6.45, 7) is 4.53. The standard InChI is InChI=1S/C28H34FO4P/c1-5-14-28(6-2,34-26-13-12-22(29)15-21(26)18-30)24-16-23(31-3)17-25(32-4)27(24)33-19-20-10-8-7-9-11-20/h7-13,15-17,30,34H,5-6,14,18-19H2,1-4H3. The smallest absolute Gasteiger partial charge is 0.166 e. The summed E-state index contributed by atoms with van der Waals surface area (Å²) in [5, 5.41) is 10.6. The van der Waals surface area contributed by atoms with Crippen LogP contribution in [0.3, 0.4) is 0 Å². The Kier molecular flexibility index (Phi) is 9.32. The molecule has 6 heteroatoms. The molecule has 0 saturated carbocycles. The summed E-state index contributed by atoms with van der Waals surface area (Å²) in [5.41, 5.74) is 2.69. The van der Waals surface area contributed by atoms with Crippen molar-refractivity contribution < 1.29 is 23.7 Å². The lowest BCUT2D eigenvalue weighted by Crippen LogP contribution is -2.25. The molecule has 4 nitrogen and oxygen atoms in total. The quantitative estimate of drug-likeness (QED) is 0.306. The van der Waals surface area contributed by atoms with Crippen LogP contribution in [0.25, 0.3) is 0 Å². The van der Waals surface area contributed by atoms with E-state index in [0.29, 0.717) is 38.0 Å². The number of aliphatic hydroxyl groups is 1. The second-order valence-corrected chi connectivity index (χ2v) is 10.00. The normalized spacial score (nSPS) is 13.1. The highest BCUT2D eigenvalue weighted by atomic mass is 31.1. The lowest BCUT2D eigenvalue weighted by molar-refractivity contribution is 0.275. The molecule has 34 heavy (non-hydrogen) atoms. The number of methoxy groups -OCH3 is 2. The second-order valence-electron chi connectivity index (χ2n) is 8.25. The number of benzene rings is 3. The number of rotatable bonds is 12. The van der Waals surface area contributed by atoms with Gasteiger partial charge in [0.2, 0.25) is 0 Å². The third kappa shape index (κ3) is 5.89. The summed E-state index contributed by atoms with van der Waals surface area (Å²) in [7, 11) is 3.57. The van der Waals surface area contributed by atoms with Crippen molar-refractivity contribution >= 4 is 13.9 Å². The summed E-state index contributed by atoms with van der Waals surface area (Å²) < 4.78 is 31.7. The zero-order valence-corrected chi connectivity index (χ0v) is 21.4. The molecule has 0 saturated heterocycles. The lowest BCUT2D eigenvalue weighted by atomic mass is 9.89. The Bertz CT molecular complexity index is 1070. The van der Waals surface area contributed by atoms with Crippen LogP contribution < -0.4 is 19.5 Å². The number of hydrogen-bond donors (Lipinski definition) is 1. The van der Waals surface area contributed by atoms with Crippen LogP contribution in [-0.2, 0) is 18.4 Å². The van der Waals surface area contributed by atoms with Crippen LogP contribution >= 0.6 is 8.58 Å². The van der Waals surface area contributed by atoms with Crippen LogP contribution in [-0.4, -0.2) is 19.3 Å². The second kappa shape index (κ2) is 12.2. The number of halogens is 1. The molecule has 1 N–H and O–H groups in total. The van der Waals surface area contributed by atoms with Crippen LogP contribution in [0.15, 0.2) is 60.7 Å². The fraction of sp³-hybridized carbons (Fsp3) is 0.357. The third-order valence-electron chi connectivity index (χ3n) is 6.12. The zero-order chi connectivity index (χ0) is 24.6. The predicted molar refractivity (Wildman–Crippen MR) is 137 cm³/mol. The first kappa shape index (κ1) is 26.0. The number of ether oxygens (including phenoxy) is 3. The Balaban J connectivity index is 2.15. The molecule has 0 fully saturated rings. The van der Waals surface area contributed by atoms with Gasteiger partial charge in [-0.25, -0.2) is 4.39 Å². The average molecular weight is 485 g/mol. The van der Waals surface area contributed by atoms with E-state index in [4.69, 9.17) is 14.2 Å². The van der Waals surface area contributed by atoms with Crippen molar-refractivity contribution in [3.63, 3.8) is 0 Å². The van der Waals surface area contributed by atoms with Gasteiger partial charge in [-0.15, -0.1) is 0 Å². The minimum absolute atomic E-state index is 0.204. The molecule has 0 amide bonds. The van der Waals surface area contributed by atoms with Crippen molar-refractivity contribution in [2.75, 3.05) is 14.2 Å². The fourth-order valence-electron chi connectivity index (χ4n) is 4.30. The molecule has 0 aliphatic carbocycles. The van der Waals surface area contributed by atoms with Crippen molar-refractivity contribution in [3.05, 3.63) is 83.2 Å². The molecule has 3 aromatic carbocycles. The molecule has 0 heterocycles. The highest BCUT2D eigenvalue weighted by molar-refractivity contribution is 7.48. The van der Waals surface area contributed by atoms with E-state index < -0.39 is 0 Å². The summed E-state index contributed by atoms with van der Waals surface area (Å²) in [6, 6.07) is 18.6. The molecule has 3 aromatic rings. The van der Waals surface area contributed by atoms with Gasteiger partial charge in [-0.3, -0.25) is 0 Å². The van der Waals surface area contributed by atoms with E-state index in [0.717, 1.165) is 35.7 Å². The van der Waals surface area contributed by atoms with Crippen LogP contribution in [0.5, 0.6) is 17.2 Å². The predicted octanol–water partition coefficient (Wildman–Crippen LogP) is 6.32. The minimum Gasteiger partial charge on any atom is -0.497 e. The van der Waals surface area contributed by atoms with Gasteiger partial charge >= 0.3 is 0 Å². The summed E-state index contributed by atoms with van der Waals surface area (Å²) in [6.07, 6.45) is 2.68. The van der Waals surface area contributed by atoms with Gasteiger partial charge in [-0.1, -0.05) is 65.2 Å². The summed E-state index contributed by atoms with van der Waals surface area (Å²) in [4.78, 5) is 0. The first-order valence-electron chi connectivity index (χ1n) is 11.6. The van der Waals surface area contributed by atoms with Gasteiger partial charge in [0.05, 0.1) is 20.8 Å². The SMILES string of the molecule is CCCC(CC)(Pc1ccc(F)cc1CO)c1cc(OC)cc(OC)c1OCc1ccccc1. The monoisotopic (exact) mass is 484 g/mol. The number of hydrogen-bond acceptors (Lipinski definition) is 4. The molecular formula is C28H34FO4P. The van der Waals surface area contributed by atoms with Gasteiger partial charge in [-0.2, -0.15) is 0 Å². The maximum Gasteiger partial charge on any atom is 0.166 e. The fourth-order valence-corrected chi connectivity index (χ4v) is 6.17. The van der Waals surface area contributed by atoms with E-state index in [1.807, 2.05) is 42.5 Å². The van der Waals surface area contributed by atoms with E-state index in [1.165, 1.54) is 12.1 Å². The van der Waals surface area contributed by atoms with Gasteiger partial charge in [0.1, 0.15) is 18.2 Å². The van der Waals surface area contributed by atoms with Crippen LogP contribution in [0, 0.1) is 5.82 Å². The minimum atomic E-state index is -0.342. The molecule has 0 spiro atoms. The molecule has 0 aromatic heterocycles. The molecule has 0 aliphatic heterocycles. The number of aliphatic hydroxyl groups excluding tert-OH is 1. The van der Waals surface area contributed by atoms with Gasteiger partial charge in [0, 0.05) is 16.8 Å². The first-order valence-corrected chi connectivity index (χ1v) is 12.6. The van der Waals surface area contributed by atoms with Gasteiger partial charge in [-0.05, 0) is 47.5 Å². The van der Waals surface area contributed by atoms with E-state index in [2.05, 4.69) is 13.8 Å². The zero-order valence-electron chi connectivity index (χ0n) is 20.4. The van der Waals surface area contributed by atoms with Crippen molar-refractivity contribution in [2.45, 2.75) is 51.5 Å². The topological polar surface area (TPSA) is 47.9 Å².